The molecule has 1 aromatic heterocycles. The second kappa shape index (κ2) is 14.7. The van der Waals surface area contributed by atoms with Crippen LogP contribution in [0.3, 0.4) is 0 Å². The van der Waals surface area contributed by atoms with Crippen molar-refractivity contribution in [2.24, 2.45) is 30.7 Å². The number of anilines is 1. The molecule has 8 rings (SSSR count). The number of nitrogens with two attached hydrogens (primary N) is 1. The number of aryl methyl sites for hydroxylation is 1. The number of para-hydroxylation sites is 1. The van der Waals surface area contributed by atoms with Crippen molar-refractivity contribution >= 4 is 113 Å². The number of hydrogen-bond donors (Lipinski definition) is 6. The lowest BCUT2D eigenvalue weighted by atomic mass is 10.1. The molecule has 0 aliphatic heterocycles. The Bertz CT molecular complexity index is 3570. The summed E-state index contributed by atoms with van der Waals surface area (Å²) in [5, 5.41) is 38.5. The molecule has 7 N–H and O–H groups in total. The number of aromatic amines is 1. The first kappa shape index (κ1) is 39.8. The highest BCUT2D eigenvalue weighted by atomic mass is 32.2. The van der Waals surface area contributed by atoms with Crippen molar-refractivity contribution in [2.45, 2.75) is 21.6 Å². The van der Waals surface area contributed by atoms with E-state index in [0.717, 1.165) is 40.9 Å². The molecular formula is C39H28N8O10S3. The average Bonchev–Trinajstić information content (AvgIpc) is 3.52. The Morgan fingerprint density at radius 2 is 1.12 bits per heavy atom. The van der Waals surface area contributed by atoms with E-state index in [1.165, 1.54) is 42.5 Å². The summed E-state index contributed by atoms with van der Waals surface area (Å²) in [5.74, 6) is -0.682. The zero-order valence-electron chi connectivity index (χ0n) is 30.6. The second-order valence-electron chi connectivity index (χ2n) is 13.3. The summed E-state index contributed by atoms with van der Waals surface area (Å²) in [7, 11) is -14.7. The molecule has 7 aromatic carbocycles. The second-order valence-corrected chi connectivity index (χ2v) is 17.5. The van der Waals surface area contributed by atoms with Crippen LogP contribution in [0.2, 0.25) is 0 Å². The Morgan fingerprint density at radius 1 is 0.517 bits per heavy atom. The minimum Gasteiger partial charge on any atom is -0.505 e. The first-order chi connectivity index (χ1) is 28.4. The summed E-state index contributed by atoms with van der Waals surface area (Å²) in [6.45, 7) is 1.84. The summed E-state index contributed by atoms with van der Waals surface area (Å²) in [5.41, 5.74) is 7.54. The molecular weight excluding hydrogens is 837 g/mol. The van der Waals surface area contributed by atoms with Crippen LogP contribution in [-0.2, 0) is 30.4 Å². The number of nitrogens with zero attached hydrogens (tertiary/aromatic N) is 6. The van der Waals surface area contributed by atoms with Crippen LogP contribution in [0.5, 0.6) is 5.75 Å². The fourth-order valence-corrected chi connectivity index (χ4v) is 8.52. The normalized spacial score (nSPS) is 13.0. The molecule has 8 aromatic rings. The number of aromatic nitrogens is 1. The number of azo groups is 3. The molecule has 302 valence electrons. The van der Waals surface area contributed by atoms with E-state index in [4.69, 9.17) is 5.73 Å². The van der Waals surface area contributed by atoms with Gasteiger partial charge < -0.3 is 15.8 Å². The van der Waals surface area contributed by atoms with Gasteiger partial charge in [0.15, 0.2) is 5.75 Å². The molecule has 0 amide bonds. The van der Waals surface area contributed by atoms with Crippen LogP contribution in [-0.4, -0.2) is 49.0 Å². The van der Waals surface area contributed by atoms with Gasteiger partial charge in [-0.3, -0.25) is 13.7 Å². The van der Waals surface area contributed by atoms with Gasteiger partial charge in [-0.1, -0.05) is 54.6 Å². The monoisotopic (exact) mass is 864 g/mol. The topological polar surface area (TPSA) is 299 Å². The number of benzene rings is 7. The van der Waals surface area contributed by atoms with Crippen molar-refractivity contribution in [3.05, 3.63) is 115 Å². The molecule has 0 spiro atoms. The highest BCUT2D eigenvalue weighted by Gasteiger charge is 2.24. The van der Waals surface area contributed by atoms with Gasteiger partial charge in [-0.15, -0.1) is 25.6 Å². The summed E-state index contributed by atoms with van der Waals surface area (Å²) < 4.78 is 104. The van der Waals surface area contributed by atoms with E-state index in [2.05, 4.69) is 35.7 Å². The van der Waals surface area contributed by atoms with Gasteiger partial charge in [0.25, 0.3) is 30.4 Å². The Morgan fingerprint density at radius 3 is 1.80 bits per heavy atom. The van der Waals surface area contributed by atoms with Gasteiger partial charge in [-0.05, 0) is 66.9 Å². The van der Waals surface area contributed by atoms with Crippen LogP contribution in [0.15, 0.2) is 155 Å². The number of nitrogen functional groups attached to an aromatic ring is 1. The Kier molecular flexibility index (Phi) is 9.73. The molecule has 0 aliphatic carbocycles. The molecule has 0 atom stereocenters. The third kappa shape index (κ3) is 7.43. The Labute approximate surface area is 339 Å². The van der Waals surface area contributed by atoms with Gasteiger partial charge in [0.1, 0.15) is 26.9 Å². The maximum absolute atomic E-state index is 12.6. The standard InChI is InChI=1S/C39H28N8O10S3/c1-20-36(27-8-4-5-9-31(27)41-20)45-42-22-11-10-21-16-34(59(52,53)54)38(39(48)28(21)17-22)47-43-32-14-15-33(29-18-23(58(49,50)51)12-13-25(29)32)44-46-37-26-7-3-2-6-24(26)30(40)19-35(37)60(55,56)57/h2-19,41,48H,40H2,1H3,(H,49,50,51)(H,52,53,54)(H,55,56,57). The van der Waals surface area contributed by atoms with E-state index in [0.29, 0.717) is 11.1 Å². The maximum atomic E-state index is 12.6. The van der Waals surface area contributed by atoms with Crippen LogP contribution in [0, 0.1) is 6.92 Å². The number of hydrogen-bond acceptors (Lipinski definition) is 14. The number of fused-ring (bicyclic) bond motifs is 4. The van der Waals surface area contributed by atoms with Crippen molar-refractivity contribution in [3.8, 4) is 5.75 Å². The molecule has 0 saturated carbocycles. The average molecular weight is 865 g/mol. The minimum atomic E-state index is -5.01. The van der Waals surface area contributed by atoms with E-state index in [-0.39, 0.29) is 55.4 Å². The van der Waals surface area contributed by atoms with Gasteiger partial charge >= 0.3 is 0 Å². The van der Waals surface area contributed by atoms with Crippen molar-refractivity contribution in [1.29, 1.82) is 0 Å². The lowest BCUT2D eigenvalue weighted by molar-refractivity contribution is 0.472. The van der Waals surface area contributed by atoms with Gasteiger partial charge in [0.2, 0.25) is 0 Å². The molecule has 0 fully saturated rings. The lowest BCUT2D eigenvalue weighted by Crippen LogP contribution is -2.01. The molecule has 0 unspecified atom stereocenters. The van der Waals surface area contributed by atoms with Gasteiger partial charge in [0, 0.05) is 49.2 Å². The zero-order chi connectivity index (χ0) is 42.7. The number of rotatable bonds is 9. The SMILES string of the molecule is Cc1[nH]c2ccccc2c1N=Nc1ccc2cc(S(=O)(=O)O)c(N=Nc3ccc(N=Nc4c(S(=O)(=O)O)cc(N)c5ccccc45)c4cc(S(=O)(=O)O)ccc34)c(O)c2c1. The van der Waals surface area contributed by atoms with Crippen LogP contribution < -0.4 is 5.73 Å². The molecule has 60 heavy (non-hydrogen) atoms. The van der Waals surface area contributed by atoms with Crippen molar-refractivity contribution < 1.29 is 44.0 Å². The van der Waals surface area contributed by atoms with Gasteiger partial charge in [0.05, 0.1) is 22.0 Å². The molecule has 1 heterocycles. The Hall–Kier alpha value is -7.01. The summed E-state index contributed by atoms with van der Waals surface area (Å²) in [6.07, 6.45) is 0. The van der Waals surface area contributed by atoms with Gasteiger partial charge in [-0.2, -0.15) is 30.4 Å². The fourth-order valence-electron chi connectivity index (χ4n) is 6.68. The first-order valence-corrected chi connectivity index (χ1v) is 21.6. The highest BCUT2D eigenvalue weighted by Crippen LogP contribution is 2.45. The molecule has 0 aliphatic rings. The smallest absolute Gasteiger partial charge is 0.296 e. The third-order valence-corrected chi connectivity index (χ3v) is 12.1. The predicted octanol–water partition coefficient (Wildman–Crippen LogP) is 10.2. The number of phenolic OH excluding ortho intramolecular Hbond substituents is 1. The third-order valence-electron chi connectivity index (χ3n) is 9.49. The van der Waals surface area contributed by atoms with Crippen LogP contribution in [0.25, 0.3) is 43.2 Å². The van der Waals surface area contributed by atoms with E-state index in [1.807, 2.05) is 31.2 Å². The van der Waals surface area contributed by atoms with E-state index < -0.39 is 56.5 Å². The van der Waals surface area contributed by atoms with Crippen molar-refractivity contribution in [1.82, 2.24) is 4.98 Å². The lowest BCUT2D eigenvalue weighted by Gasteiger charge is -2.11. The van der Waals surface area contributed by atoms with E-state index in [1.54, 1.807) is 18.2 Å². The zero-order valence-corrected chi connectivity index (χ0v) is 33.1. The predicted molar refractivity (Wildman–Crippen MR) is 223 cm³/mol. The highest BCUT2D eigenvalue weighted by molar-refractivity contribution is 7.86. The van der Waals surface area contributed by atoms with E-state index >= 15 is 0 Å². The number of nitrogens with one attached hydrogen (secondary N) is 1. The number of aromatic hydroxyl groups is 1. The molecule has 21 heteroatoms. The van der Waals surface area contributed by atoms with Crippen LogP contribution in [0.4, 0.5) is 39.8 Å². The van der Waals surface area contributed by atoms with Gasteiger partial charge in [-0.25, -0.2) is 0 Å². The van der Waals surface area contributed by atoms with Crippen LogP contribution >= 0.6 is 0 Å². The first-order valence-electron chi connectivity index (χ1n) is 17.3. The van der Waals surface area contributed by atoms with Crippen molar-refractivity contribution in [3.63, 3.8) is 0 Å². The number of phenols is 1. The molecule has 0 saturated heterocycles. The number of H-pyrrole nitrogens is 1. The fraction of sp³-hybridized carbons (Fsp3) is 0.0256. The van der Waals surface area contributed by atoms with E-state index in [9.17, 15) is 44.0 Å². The molecule has 0 radical (unpaired) electrons. The van der Waals surface area contributed by atoms with Crippen LogP contribution in [0.1, 0.15) is 5.69 Å². The largest absolute Gasteiger partial charge is 0.505 e. The van der Waals surface area contributed by atoms with Crippen molar-refractivity contribution in [2.75, 3.05) is 5.73 Å². The maximum Gasteiger partial charge on any atom is 0.296 e. The molecule has 18 nitrogen and oxygen atoms in total. The summed E-state index contributed by atoms with van der Waals surface area (Å²) in [6, 6.07) is 26.4. The molecule has 0 bridgehead atoms. The summed E-state index contributed by atoms with van der Waals surface area (Å²) in [4.78, 5) is 1.23. The minimum absolute atomic E-state index is 0.0170. The summed E-state index contributed by atoms with van der Waals surface area (Å²) >= 11 is 0. The quantitative estimate of drug-likeness (QED) is 0.0450. The Balaban J connectivity index is 1.25.